The Bertz CT molecular complexity index is 745. The quantitative estimate of drug-likeness (QED) is 0.921. The summed E-state index contributed by atoms with van der Waals surface area (Å²) in [6, 6.07) is 10.9. The van der Waals surface area contributed by atoms with Gasteiger partial charge in [0.15, 0.2) is 0 Å². The molecule has 1 saturated carbocycles. The van der Waals surface area contributed by atoms with E-state index in [-0.39, 0.29) is 6.10 Å². The smallest absolute Gasteiger partial charge is 0.0726 e. The number of fused-ring (bicyclic) bond motifs is 2. The van der Waals surface area contributed by atoms with Crippen LogP contribution in [0.1, 0.15) is 18.5 Å². The maximum atomic E-state index is 10.5. The topological polar surface area (TPSA) is 39.6 Å². The normalized spacial score (nSPS) is 30.1. The minimum atomic E-state index is -0.197. The van der Waals surface area contributed by atoms with Gasteiger partial charge in [0.05, 0.1) is 11.6 Å². The molecule has 0 radical (unpaired) electrons. The molecule has 0 spiro atoms. The molecule has 1 aromatic carbocycles. The SMILES string of the molecule is Cc1cc(N2C[C@H]3C[C@@H](N(C)C)[C@H](O)C[C@H]3C2)c2ccccc2n1. The largest absolute Gasteiger partial charge is 0.391 e. The number of rotatable bonds is 2. The van der Waals surface area contributed by atoms with Gasteiger partial charge in [-0.3, -0.25) is 4.98 Å². The van der Waals surface area contributed by atoms with Gasteiger partial charge in [-0.15, -0.1) is 0 Å². The molecule has 128 valence electrons. The third kappa shape index (κ3) is 2.68. The van der Waals surface area contributed by atoms with Gasteiger partial charge < -0.3 is 14.9 Å². The molecule has 4 nitrogen and oxygen atoms in total. The van der Waals surface area contributed by atoms with Crippen LogP contribution in [-0.2, 0) is 0 Å². The summed E-state index contributed by atoms with van der Waals surface area (Å²) in [5, 5.41) is 11.7. The molecule has 1 aliphatic carbocycles. The van der Waals surface area contributed by atoms with E-state index >= 15 is 0 Å². The second-order valence-corrected chi connectivity index (χ2v) is 7.79. The van der Waals surface area contributed by atoms with Crippen molar-refractivity contribution in [2.24, 2.45) is 11.8 Å². The Morgan fingerprint density at radius 2 is 1.83 bits per heavy atom. The van der Waals surface area contributed by atoms with Crippen LogP contribution in [0.2, 0.25) is 0 Å². The number of hydrogen-bond donors (Lipinski definition) is 1. The van der Waals surface area contributed by atoms with Crippen LogP contribution in [-0.4, -0.2) is 54.3 Å². The zero-order chi connectivity index (χ0) is 16.8. The van der Waals surface area contributed by atoms with Crippen LogP contribution in [0.3, 0.4) is 0 Å². The molecule has 1 aromatic heterocycles. The number of likely N-dealkylation sites (N-methyl/N-ethyl adjacent to an activating group) is 1. The van der Waals surface area contributed by atoms with Gasteiger partial charge in [-0.2, -0.15) is 0 Å². The standard InChI is InChI=1S/C20H27N3O/c1-13-8-18(16-6-4-5-7-17(16)21-13)23-11-14-9-19(22(2)3)20(24)10-15(14)12-23/h4-8,14-15,19-20,24H,9-12H2,1-3H3/t14-,15+,19-,20-/m1/s1. The van der Waals surface area contributed by atoms with Crippen LogP contribution < -0.4 is 4.90 Å². The first-order valence-electron chi connectivity index (χ1n) is 8.98. The molecule has 2 aliphatic rings. The third-order valence-corrected chi connectivity index (χ3v) is 5.94. The molecule has 4 atom stereocenters. The number of pyridine rings is 1. The van der Waals surface area contributed by atoms with E-state index < -0.39 is 0 Å². The fourth-order valence-electron chi connectivity index (χ4n) is 4.71. The summed E-state index contributed by atoms with van der Waals surface area (Å²) >= 11 is 0. The lowest BCUT2D eigenvalue weighted by Crippen LogP contribution is -2.46. The van der Waals surface area contributed by atoms with Crippen LogP contribution in [0.4, 0.5) is 5.69 Å². The Kier molecular flexibility index (Phi) is 3.97. The summed E-state index contributed by atoms with van der Waals surface area (Å²) < 4.78 is 0. The van der Waals surface area contributed by atoms with Gasteiger partial charge in [-0.1, -0.05) is 18.2 Å². The Morgan fingerprint density at radius 1 is 1.12 bits per heavy atom. The lowest BCUT2D eigenvalue weighted by atomic mass is 9.77. The van der Waals surface area contributed by atoms with Crippen molar-refractivity contribution in [1.82, 2.24) is 9.88 Å². The summed E-state index contributed by atoms with van der Waals surface area (Å²) in [4.78, 5) is 9.39. The summed E-state index contributed by atoms with van der Waals surface area (Å²) in [5.41, 5.74) is 3.46. The van der Waals surface area contributed by atoms with E-state index in [4.69, 9.17) is 0 Å². The molecule has 0 amide bonds. The number of aromatic nitrogens is 1. The number of hydrogen-bond acceptors (Lipinski definition) is 4. The predicted molar refractivity (Wildman–Crippen MR) is 98.4 cm³/mol. The Hall–Kier alpha value is -1.65. The fourth-order valence-corrected chi connectivity index (χ4v) is 4.71. The molecular weight excluding hydrogens is 298 g/mol. The Morgan fingerprint density at radius 3 is 2.58 bits per heavy atom. The zero-order valence-corrected chi connectivity index (χ0v) is 14.8. The maximum Gasteiger partial charge on any atom is 0.0726 e. The molecule has 4 heteroatoms. The number of aryl methyl sites for hydroxylation is 1. The highest BCUT2D eigenvalue weighted by molar-refractivity contribution is 5.92. The predicted octanol–water partition coefficient (Wildman–Crippen LogP) is 2.68. The van der Waals surface area contributed by atoms with E-state index in [1.54, 1.807) is 0 Å². The number of aliphatic hydroxyl groups is 1. The number of benzene rings is 1. The molecule has 1 N–H and O–H groups in total. The molecule has 2 heterocycles. The van der Waals surface area contributed by atoms with Crippen LogP contribution >= 0.6 is 0 Å². The molecule has 0 bridgehead atoms. The van der Waals surface area contributed by atoms with Crippen LogP contribution in [0.5, 0.6) is 0 Å². The average Bonchev–Trinajstić information content (AvgIpc) is 2.95. The first kappa shape index (κ1) is 15.9. The van der Waals surface area contributed by atoms with E-state index in [9.17, 15) is 5.11 Å². The van der Waals surface area contributed by atoms with Crippen molar-refractivity contribution in [2.45, 2.75) is 31.9 Å². The van der Waals surface area contributed by atoms with Crippen LogP contribution in [0, 0.1) is 18.8 Å². The van der Waals surface area contributed by atoms with Crippen LogP contribution in [0.25, 0.3) is 10.9 Å². The summed E-state index contributed by atoms with van der Waals surface area (Å²) in [6.45, 7) is 4.22. The van der Waals surface area contributed by atoms with Crippen molar-refractivity contribution in [3.63, 3.8) is 0 Å². The summed E-state index contributed by atoms with van der Waals surface area (Å²) in [6.07, 6.45) is 1.82. The van der Waals surface area contributed by atoms with Gasteiger partial charge >= 0.3 is 0 Å². The average molecular weight is 325 g/mol. The van der Waals surface area contributed by atoms with E-state index in [1.165, 1.54) is 11.1 Å². The highest BCUT2D eigenvalue weighted by Crippen LogP contribution is 2.41. The fraction of sp³-hybridized carbons (Fsp3) is 0.550. The lowest BCUT2D eigenvalue weighted by molar-refractivity contribution is 0.00942. The lowest BCUT2D eigenvalue weighted by Gasteiger charge is -2.38. The highest BCUT2D eigenvalue weighted by Gasteiger charge is 2.42. The number of anilines is 1. The molecule has 1 saturated heterocycles. The van der Waals surface area contributed by atoms with Crippen molar-refractivity contribution in [3.8, 4) is 0 Å². The molecule has 4 rings (SSSR count). The third-order valence-electron chi connectivity index (χ3n) is 5.94. The van der Waals surface area contributed by atoms with Gasteiger partial charge in [0.1, 0.15) is 0 Å². The minimum Gasteiger partial charge on any atom is -0.391 e. The van der Waals surface area contributed by atoms with Crippen molar-refractivity contribution in [2.75, 3.05) is 32.1 Å². The van der Waals surface area contributed by atoms with Crippen LogP contribution in [0.15, 0.2) is 30.3 Å². The Labute approximate surface area is 144 Å². The van der Waals surface area contributed by atoms with Gasteiger partial charge in [0.2, 0.25) is 0 Å². The van der Waals surface area contributed by atoms with Crippen molar-refractivity contribution in [3.05, 3.63) is 36.0 Å². The molecule has 2 fully saturated rings. The van der Waals surface area contributed by atoms with E-state index in [0.717, 1.165) is 37.1 Å². The number of nitrogens with zero attached hydrogens (tertiary/aromatic N) is 3. The minimum absolute atomic E-state index is 0.197. The van der Waals surface area contributed by atoms with Gasteiger partial charge in [-0.05, 0) is 57.8 Å². The Balaban J connectivity index is 1.64. The first-order chi connectivity index (χ1) is 11.5. The summed E-state index contributed by atoms with van der Waals surface area (Å²) in [5.74, 6) is 1.27. The second kappa shape index (κ2) is 6.01. The molecular formula is C20H27N3O. The van der Waals surface area contributed by atoms with Gasteiger partial charge in [0.25, 0.3) is 0 Å². The molecule has 24 heavy (non-hydrogen) atoms. The van der Waals surface area contributed by atoms with Gasteiger partial charge in [0, 0.05) is 35.9 Å². The maximum absolute atomic E-state index is 10.5. The number of aliphatic hydroxyl groups excluding tert-OH is 1. The second-order valence-electron chi connectivity index (χ2n) is 7.79. The molecule has 1 aliphatic heterocycles. The number of para-hydroxylation sites is 1. The molecule has 2 aromatic rings. The highest BCUT2D eigenvalue weighted by atomic mass is 16.3. The van der Waals surface area contributed by atoms with E-state index in [0.29, 0.717) is 17.9 Å². The van der Waals surface area contributed by atoms with Crippen molar-refractivity contribution < 1.29 is 5.11 Å². The zero-order valence-electron chi connectivity index (χ0n) is 14.8. The van der Waals surface area contributed by atoms with Crippen molar-refractivity contribution >= 4 is 16.6 Å². The van der Waals surface area contributed by atoms with E-state index in [1.807, 2.05) is 0 Å². The monoisotopic (exact) mass is 325 g/mol. The van der Waals surface area contributed by atoms with E-state index in [2.05, 4.69) is 66.1 Å². The summed E-state index contributed by atoms with van der Waals surface area (Å²) in [7, 11) is 4.17. The molecule has 0 unspecified atom stereocenters. The van der Waals surface area contributed by atoms with Gasteiger partial charge in [-0.25, -0.2) is 0 Å². The van der Waals surface area contributed by atoms with Crippen molar-refractivity contribution in [1.29, 1.82) is 0 Å². The first-order valence-corrected chi connectivity index (χ1v) is 8.98.